The second-order valence-corrected chi connectivity index (χ2v) is 13.6. The molecule has 10 atom stereocenters. The molecule has 1 aliphatic heterocycles. The van der Waals surface area contributed by atoms with Crippen LogP contribution in [-0.4, -0.2) is 95.4 Å². The number of esters is 6. The number of aliphatic hydroxyl groups is 1. The summed E-state index contributed by atoms with van der Waals surface area (Å²) in [6, 6.07) is 0. The lowest BCUT2D eigenvalue weighted by Crippen LogP contribution is -2.76. The van der Waals surface area contributed by atoms with Gasteiger partial charge in [0.25, 0.3) is 0 Å². The molecule has 1 saturated heterocycles. The van der Waals surface area contributed by atoms with Crippen molar-refractivity contribution in [2.24, 2.45) is 16.7 Å². The molecule has 46 heavy (non-hydrogen) atoms. The maximum atomic E-state index is 13.1. The number of carbonyl (C=O) groups is 6. The molecular weight excluding hydrogens is 608 g/mol. The Kier molecular flexibility index (Phi) is 9.16. The average molecular weight is 653 g/mol. The molecule has 0 radical (unpaired) electrons. The fourth-order valence-electron chi connectivity index (χ4n) is 8.43. The first-order chi connectivity index (χ1) is 21.1. The topological polar surface area (TPSA) is 191 Å². The summed E-state index contributed by atoms with van der Waals surface area (Å²) in [5.74, 6) is -5.60. The molecule has 1 spiro atoms. The predicted octanol–water partition coefficient (Wildman–Crippen LogP) is 1.86. The Morgan fingerprint density at radius 1 is 0.696 bits per heavy atom. The Morgan fingerprint density at radius 2 is 1.15 bits per heavy atom. The number of epoxide rings is 1. The molecule has 14 nitrogen and oxygen atoms in total. The van der Waals surface area contributed by atoms with E-state index in [1.165, 1.54) is 27.7 Å². The van der Waals surface area contributed by atoms with Gasteiger partial charge in [-0.2, -0.15) is 0 Å². The Balaban J connectivity index is 2.20. The fourth-order valence-corrected chi connectivity index (χ4v) is 8.43. The van der Waals surface area contributed by atoms with Gasteiger partial charge in [-0.05, 0) is 18.1 Å². The molecule has 2 saturated carbocycles. The van der Waals surface area contributed by atoms with E-state index in [4.69, 9.17) is 33.2 Å². The van der Waals surface area contributed by atoms with Crippen molar-refractivity contribution < 1.29 is 67.0 Å². The van der Waals surface area contributed by atoms with E-state index in [0.29, 0.717) is 5.57 Å². The van der Waals surface area contributed by atoms with Gasteiger partial charge in [0.1, 0.15) is 35.6 Å². The number of hydrogen-bond acceptors (Lipinski definition) is 14. The largest absolute Gasteiger partial charge is 0.462 e. The van der Waals surface area contributed by atoms with Crippen LogP contribution in [0.15, 0.2) is 11.1 Å². The number of hydrogen-bond donors (Lipinski definition) is 1. The van der Waals surface area contributed by atoms with E-state index in [-0.39, 0.29) is 25.0 Å². The minimum absolute atomic E-state index is 0.0353. The van der Waals surface area contributed by atoms with Crippen molar-refractivity contribution in [2.45, 2.75) is 130 Å². The van der Waals surface area contributed by atoms with Crippen LogP contribution >= 0.6 is 0 Å². The maximum Gasteiger partial charge on any atom is 0.303 e. The Bertz CT molecular complexity index is 1360. The third kappa shape index (κ3) is 5.67. The van der Waals surface area contributed by atoms with E-state index in [1.54, 1.807) is 27.7 Å². The summed E-state index contributed by atoms with van der Waals surface area (Å²) in [5.41, 5.74) is -5.89. The van der Waals surface area contributed by atoms with Crippen LogP contribution in [0.3, 0.4) is 0 Å². The molecule has 1 N–H and O–H groups in total. The second kappa shape index (κ2) is 11.9. The summed E-state index contributed by atoms with van der Waals surface area (Å²) < 4.78 is 41.5. The summed E-state index contributed by atoms with van der Waals surface area (Å²) >= 11 is 0. The quantitative estimate of drug-likeness (QED) is 0.189. The van der Waals surface area contributed by atoms with Gasteiger partial charge in [-0.1, -0.05) is 20.8 Å². The molecule has 14 heteroatoms. The third-order valence-corrected chi connectivity index (χ3v) is 10.3. The normalized spacial score (nSPS) is 39.1. The van der Waals surface area contributed by atoms with Crippen LogP contribution in [0.1, 0.15) is 82.1 Å². The summed E-state index contributed by atoms with van der Waals surface area (Å²) in [6.45, 7) is 13.6. The fraction of sp³-hybridized carbons (Fsp3) is 0.750. The van der Waals surface area contributed by atoms with Gasteiger partial charge in [-0.15, -0.1) is 0 Å². The number of carbonyl (C=O) groups excluding carboxylic acids is 6. The lowest BCUT2D eigenvalue weighted by Gasteiger charge is -2.64. The minimum Gasteiger partial charge on any atom is -0.462 e. The van der Waals surface area contributed by atoms with Crippen molar-refractivity contribution >= 4 is 35.8 Å². The monoisotopic (exact) mass is 652 g/mol. The number of rotatable bonds is 6. The van der Waals surface area contributed by atoms with Gasteiger partial charge in [0.2, 0.25) is 0 Å². The van der Waals surface area contributed by atoms with Crippen molar-refractivity contribution in [3.63, 3.8) is 0 Å². The minimum atomic E-state index is -2.09. The van der Waals surface area contributed by atoms with Crippen LogP contribution < -0.4 is 0 Å². The average Bonchev–Trinajstić information content (AvgIpc) is 3.67. The highest BCUT2D eigenvalue weighted by Crippen LogP contribution is 2.67. The molecule has 0 aromatic rings. The van der Waals surface area contributed by atoms with Gasteiger partial charge < -0.3 is 38.3 Å². The SMILES string of the molecule is CC(=O)O[C@H]1C[C@@]2(O)[C@@H](OC(C)=O)C3[C@@](C)([C@@H](OC(C)=O)C[C@H](OC(C)=O)[C@@]34CO4)[C@@H](OC(C)=O)[C@H](OC(C)=O)C(=C1C)C2(C)C. The zero-order chi connectivity index (χ0) is 34.7. The Hall–Kier alpha value is -3.52. The van der Waals surface area contributed by atoms with Crippen LogP contribution in [0.25, 0.3) is 0 Å². The lowest BCUT2D eigenvalue weighted by molar-refractivity contribution is -0.284. The van der Waals surface area contributed by atoms with Crippen molar-refractivity contribution in [1.29, 1.82) is 0 Å². The Labute approximate surface area is 267 Å². The van der Waals surface area contributed by atoms with Crippen molar-refractivity contribution in [3.05, 3.63) is 11.1 Å². The summed E-state index contributed by atoms with van der Waals surface area (Å²) in [5, 5.41) is 13.1. The maximum absolute atomic E-state index is 13.1. The molecule has 4 aliphatic rings. The van der Waals surface area contributed by atoms with E-state index >= 15 is 0 Å². The molecular formula is C32H44O14. The van der Waals surface area contributed by atoms with Crippen molar-refractivity contribution in [1.82, 2.24) is 0 Å². The number of ether oxygens (including phenoxy) is 7. The third-order valence-electron chi connectivity index (χ3n) is 10.3. The van der Waals surface area contributed by atoms with Crippen molar-refractivity contribution in [3.8, 4) is 0 Å². The van der Waals surface area contributed by atoms with Crippen LogP contribution in [0, 0.1) is 16.7 Å². The van der Waals surface area contributed by atoms with Gasteiger partial charge in [-0.25, -0.2) is 0 Å². The summed E-state index contributed by atoms with van der Waals surface area (Å²) in [4.78, 5) is 76.1. The smallest absolute Gasteiger partial charge is 0.303 e. The standard InChI is InChI=1S/C32H44O14/c1-14-21(41-15(2)33)12-32(39)28(46-20(7)38)26-30(10,22(42-16(3)34)11-23(43-17(4)35)31(26)13-40-31)27(45-19(6)37)25(44-18(5)36)24(14)29(32,8)9/h21-23,25-28,39H,11-13H2,1-10H3/t21-,22-,23-,25+,26?,27-,28-,30+,31-,32+/m0/s1. The van der Waals surface area contributed by atoms with Crippen LogP contribution in [0.4, 0.5) is 0 Å². The van der Waals surface area contributed by atoms with Gasteiger partial charge in [0.15, 0.2) is 12.2 Å². The predicted molar refractivity (Wildman–Crippen MR) is 154 cm³/mol. The van der Waals surface area contributed by atoms with E-state index < -0.39 is 100 Å². The van der Waals surface area contributed by atoms with Crippen molar-refractivity contribution in [2.75, 3.05) is 6.61 Å². The van der Waals surface area contributed by atoms with E-state index in [1.807, 2.05) is 0 Å². The van der Waals surface area contributed by atoms with E-state index in [2.05, 4.69) is 0 Å². The summed E-state index contributed by atoms with van der Waals surface area (Å²) in [7, 11) is 0. The molecule has 4 rings (SSSR count). The first-order valence-corrected chi connectivity index (χ1v) is 15.2. The molecule has 256 valence electrons. The summed E-state index contributed by atoms with van der Waals surface area (Å²) in [6.07, 6.45) is -8.16. The molecule has 2 bridgehead atoms. The van der Waals surface area contributed by atoms with Gasteiger partial charge >= 0.3 is 35.8 Å². The highest BCUT2D eigenvalue weighted by atomic mass is 16.6. The highest BCUT2D eigenvalue weighted by molar-refractivity contribution is 5.70. The lowest BCUT2D eigenvalue weighted by atomic mass is 9.45. The molecule has 1 unspecified atom stereocenters. The molecule has 0 aromatic heterocycles. The highest BCUT2D eigenvalue weighted by Gasteiger charge is 2.80. The van der Waals surface area contributed by atoms with Gasteiger partial charge in [-0.3, -0.25) is 28.8 Å². The zero-order valence-electron chi connectivity index (χ0n) is 27.9. The van der Waals surface area contributed by atoms with E-state index in [0.717, 1.165) is 13.8 Å². The number of fused-ring (bicyclic) bond motifs is 4. The van der Waals surface area contributed by atoms with E-state index in [9.17, 15) is 33.9 Å². The molecule has 1 heterocycles. The first kappa shape index (κ1) is 35.3. The second-order valence-electron chi connectivity index (χ2n) is 13.6. The molecule has 0 aromatic carbocycles. The zero-order valence-corrected chi connectivity index (χ0v) is 27.9. The Morgan fingerprint density at radius 3 is 1.61 bits per heavy atom. The van der Waals surface area contributed by atoms with Crippen LogP contribution in [0.2, 0.25) is 0 Å². The molecule has 3 aliphatic carbocycles. The van der Waals surface area contributed by atoms with Crippen LogP contribution in [-0.2, 0) is 61.9 Å². The van der Waals surface area contributed by atoms with Gasteiger partial charge in [0.05, 0.1) is 12.0 Å². The molecule has 0 amide bonds. The molecule has 3 fully saturated rings. The van der Waals surface area contributed by atoms with Crippen LogP contribution in [0.5, 0.6) is 0 Å². The first-order valence-electron chi connectivity index (χ1n) is 15.2. The van der Waals surface area contributed by atoms with Gasteiger partial charge in [0, 0.05) is 65.7 Å².